The Labute approximate surface area is 199 Å². The monoisotopic (exact) mass is 446 g/mol. The van der Waals surface area contributed by atoms with Crippen LogP contribution in [0.2, 0.25) is 0 Å². The van der Waals surface area contributed by atoms with Gasteiger partial charge in [-0.3, -0.25) is 9.36 Å². The Balaban J connectivity index is 1.75. The first-order valence-corrected chi connectivity index (χ1v) is 11.3. The van der Waals surface area contributed by atoms with E-state index in [9.17, 15) is 4.79 Å². The first-order valence-electron chi connectivity index (χ1n) is 11.3. The Hall–Kier alpha value is -4.09. The van der Waals surface area contributed by atoms with Crippen molar-refractivity contribution in [3.63, 3.8) is 0 Å². The molecular formula is C29H26N4O. The van der Waals surface area contributed by atoms with Crippen LogP contribution in [0, 0.1) is 13.8 Å². The first-order chi connectivity index (χ1) is 16.5. The maximum atomic E-state index is 13.1. The average Bonchev–Trinajstić information content (AvgIpc) is 3.16. The fourth-order valence-electron chi connectivity index (χ4n) is 4.32. The number of hydrogen-bond donors (Lipinski definition) is 1. The zero-order valence-electron chi connectivity index (χ0n) is 19.2. The van der Waals surface area contributed by atoms with Gasteiger partial charge in [-0.25, -0.2) is 9.98 Å². The number of hydrogen-bond acceptors (Lipinski definition) is 4. The summed E-state index contributed by atoms with van der Waals surface area (Å²) >= 11 is 0. The maximum absolute atomic E-state index is 13.1. The standard InChI is InChI=1S/C29H26N4O/c1-19-11-15-22(16-12-19)31-28-26(27(30)21-7-4-3-5-8-21)24-9-6-10-25(34)33(24)29(28)32-23-17-13-20(2)14-18-23/h3-18,26-27H,30H2,1-2H3. The molecule has 4 aromatic rings. The summed E-state index contributed by atoms with van der Waals surface area (Å²) in [4.78, 5) is 23.0. The van der Waals surface area contributed by atoms with Crippen LogP contribution in [-0.4, -0.2) is 16.1 Å². The summed E-state index contributed by atoms with van der Waals surface area (Å²) in [7, 11) is 0. The second kappa shape index (κ2) is 9.04. The lowest BCUT2D eigenvalue weighted by Gasteiger charge is -2.20. The second-order valence-electron chi connectivity index (χ2n) is 8.64. The SMILES string of the molecule is Cc1ccc(N=C2C(=Nc3ccc(C)cc3)n3c(cccc3=O)C2C(N)c2ccccc2)cc1. The van der Waals surface area contributed by atoms with E-state index in [2.05, 4.69) is 0 Å². The molecule has 0 radical (unpaired) electrons. The zero-order valence-corrected chi connectivity index (χ0v) is 19.2. The highest BCUT2D eigenvalue weighted by molar-refractivity contribution is 6.47. The summed E-state index contributed by atoms with van der Waals surface area (Å²) in [6, 6.07) is 30.7. The maximum Gasteiger partial charge on any atom is 0.256 e. The van der Waals surface area contributed by atoms with Crippen LogP contribution >= 0.6 is 0 Å². The first kappa shape index (κ1) is 21.7. The minimum atomic E-state index is -0.399. The molecule has 2 atom stereocenters. The molecule has 0 spiro atoms. The van der Waals surface area contributed by atoms with Crippen LogP contribution < -0.4 is 11.3 Å². The van der Waals surface area contributed by atoms with E-state index < -0.39 is 6.04 Å². The summed E-state index contributed by atoms with van der Waals surface area (Å²) in [5, 5.41) is 0. The van der Waals surface area contributed by atoms with Gasteiger partial charge < -0.3 is 5.73 Å². The molecule has 1 aliphatic rings. The van der Waals surface area contributed by atoms with Crippen molar-refractivity contribution in [3.8, 4) is 0 Å². The highest BCUT2D eigenvalue weighted by Gasteiger charge is 2.39. The van der Waals surface area contributed by atoms with E-state index in [4.69, 9.17) is 15.7 Å². The summed E-state index contributed by atoms with van der Waals surface area (Å²) in [5.74, 6) is 0.184. The summed E-state index contributed by atoms with van der Waals surface area (Å²) in [6.45, 7) is 4.08. The van der Waals surface area contributed by atoms with Gasteiger partial charge in [0.25, 0.3) is 5.56 Å². The molecule has 5 heteroatoms. The number of nitrogens with two attached hydrogens (primary N) is 1. The zero-order chi connectivity index (χ0) is 23.7. The molecule has 2 unspecified atom stereocenters. The molecule has 0 fully saturated rings. The topological polar surface area (TPSA) is 72.7 Å². The van der Waals surface area contributed by atoms with Crippen LogP contribution in [0.3, 0.4) is 0 Å². The molecule has 0 amide bonds. The molecule has 2 heterocycles. The van der Waals surface area contributed by atoms with E-state index in [0.717, 1.165) is 33.8 Å². The van der Waals surface area contributed by atoms with Gasteiger partial charge in [0.15, 0.2) is 5.84 Å². The van der Waals surface area contributed by atoms with Crippen molar-refractivity contribution in [3.05, 3.63) is 130 Å². The molecule has 0 bridgehead atoms. The normalized spacial score (nSPS) is 18.3. The second-order valence-corrected chi connectivity index (χ2v) is 8.64. The lowest BCUT2D eigenvalue weighted by molar-refractivity contribution is 0.663. The van der Waals surface area contributed by atoms with Crippen LogP contribution in [0.4, 0.5) is 11.4 Å². The number of aromatic nitrogens is 1. The Kier molecular flexibility index (Phi) is 5.78. The molecule has 3 aromatic carbocycles. The van der Waals surface area contributed by atoms with Crippen molar-refractivity contribution in [2.45, 2.75) is 25.8 Å². The minimum Gasteiger partial charge on any atom is -0.323 e. The quantitative estimate of drug-likeness (QED) is 0.442. The summed E-state index contributed by atoms with van der Waals surface area (Å²) in [5.41, 5.74) is 13.0. The molecule has 0 saturated heterocycles. The third-order valence-corrected chi connectivity index (χ3v) is 6.13. The van der Waals surface area contributed by atoms with Gasteiger partial charge >= 0.3 is 0 Å². The molecule has 2 N–H and O–H groups in total. The number of nitrogens with zero attached hydrogens (tertiary/aromatic N) is 3. The number of aliphatic imine (C=N–C) groups is 2. The minimum absolute atomic E-state index is 0.150. The highest BCUT2D eigenvalue weighted by atomic mass is 16.1. The van der Waals surface area contributed by atoms with Gasteiger partial charge in [0.2, 0.25) is 0 Å². The van der Waals surface area contributed by atoms with E-state index in [-0.39, 0.29) is 11.5 Å². The lowest BCUT2D eigenvalue weighted by Crippen LogP contribution is -2.28. The van der Waals surface area contributed by atoms with Crippen molar-refractivity contribution in [2.75, 3.05) is 0 Å². The Morgan fingerprint density at radius 2 is 1.32 bits per heavy atom. The molecule has 0 aliphatic carbocycles. The Morgan fingerprint density at radius 3 is 1.94 bits per heavy atom. The largest absolute Gasteiger partial charge is 0.323 e. The summed E-state index contributed by atoms with van der Waals surface area (Å²) < 4.78 is 1.65. The number of aryl methyl sites for hydroxylation is 2. The predicted octanol–water partition coefficient (Wildman–Crippen LogP) is 5.61. The van der Waals surface area contributed by atoms with Crippen LogP contribution in [0.25, 0.3) is 0 Å². The predicted molar refractivity (Wildman–Crippen MR) is 139 cm³/mol. The van der Waals surface area contributed by atoms with Crippen LogP contribution in [0.1, 0.15) is 34.3 Å². The fourth-order valence-corrected chi connectivity index (χ4v) is 4.32. The third kappa shape index (κ3) is 4.14. The number of rotatable bonds is 4. The van der Waals surface area contributed by atoms with Gasteiger partial charge in [-0.15, -0.1) is 0 Å². The van der Waals surface area contributed by atoms with Gasteiger partial charge in [0, 0.05) is 17.8 Å². The van der Waals surface area contributed by atoms with Gasteiger partial charge in [-0.1, -0.05) is 71.8 Å². The molecule has 1 aromatic heterocycles. The molecule has 168 valence electrons. The van der Waals surface area contributed by atoms with Crippen LogP contribution in [-0.2, 0) is 0 Å². The molecular weight excluding hydrogens is 420 g/mol. The van der Waals surface area contributed by atoms with Crippen molar-refractivity contribution >= 4 is 22.9 Å². The lowest BCUT2D eigenvalue weighted by atomic mass is 9.88. The van der Waals surface area contributed by atoms with E-state index >= 15 is 0 Å². The molecule has 5 nitrogen and oxygen atoms in total. The Morgan fingerprint density at radius 1 is 0.735 bits per heavy atom. The van der Waals surface area contributed by atoms with Gasteiger partial charge in [-0.2, -0.15) is 0 Å². The number of pyridine rings is 1. The van der Waals surface area contributed by atoms with E-state index in [1.807, 2.05) is 98.8 Å². The average molecular weight is 447 g/mol. The molecule has 0 saturated carbocycles. The van der Waals surface area contributed by atoms with Gasteiger partial charge in [0.1, 0.15) is 0 Å². The van der Waals surface area contributed by atoms with E-state index in [1.165, 1.54) is 0 Å². The van der Waals surface area contributed by atoms with Crippen LogP contribution in [0.5, 0.6) is 0 Å². The van der Waals surface area contributed by atoms with Crippen molar-refractivity contribution in [1.29, 1.82) is 0 Å². The smallest absolute Gasteiger partial charge is 0.256 e. The molecule has 1 aliphatic heterocycles. The highest BCUT2D eigenvalue weighted by Crippen LogP contribution is 2.37. The van der Waals surface area contributed by atoms with Crippen molar-refractivity contribution < 1.29 is 0 Å². The molecule has 5 rings (SSSR count). The Bertz CT molecular complexity index is 1430. The van der Waals surface area contributed by atoms with E-state index in [1.54, 1.807) is 16.7 Å². The fraction of sp³-hybridized carbons (Fsp3) is 0.138. The van der Waals surface area contributed by atoms with Crippen molar-refractivity contribution in [1.82, 2.24) is 4.57 Å². The van der Waals surface area contributed by atoms with E-state index in [0.29, 0.717) is 11.5 Å². The van der Waals surface area contributed by atoms with Crippen LogP contribution in [0.15, 0.2) is 112 Å². The molecule has 34 heavy (non-hydrogen) atoms. The summed E-state index contributed by atoms with van der Waals surface area (Å²) in [6.07, 6.45) is 0. The van der Waals surface area contributed by atoms with Gasteiger partial charge in [-0.05, 0) is 49.7 Å². The number of fused-ring (bicyclic) bond motifs is 1. The third-order valence-electron chi connectivity index (χ3n) is 6.13. The number of benzene rings is 3. The van der Waals surface area contributed by atoms with Gasteiger partial charge in [0.05, 0.1) is 23.0 Å². The van der Waals surface area contributed by atoms with Crippen molar-refractivity contribution in [2.24, 2.45) is 15.7 Å².